The van der Waals surface area contributed by atoms with Gasteiger partial charge in [0.1, 0.15) is 0 Å². The van der Waals surface area contributed by atoms with Crippen LogP contribution in [0.4, 0.5) is 0 Å². The van der Waals surface area contributed by atoms with Crippen LogP contribution in [-0.2, 0) is 4.74 Å². The molecule has 2 rings (SSSR count). The smallest absolute Gasteiger partial charge is 1.00 e. The fraction of sp³-hybridized carbons (Fsp3) is 0.0714. The second-order valence-electron chi connectivity index (χ2n) is 3.27. The molecule has 0 bridgehead atoms. The number of benzene rings is 2. The maximum Gasteiger partial charge on any atom is 2.00 e. The molecule has 0 saturated carbocycles. The van der Waals surface area contributed by atoms with E-state index >= 15 is 0 Å². The maximum atomic E-state index is 5.44. The van der Waals surface area contributed by atoms with Crippen LogP contribution in [0.2, 0.25) is 0 Å². The number of halogens is 1. The summed E-state index contributed by atoms with van der Waals surface area (Å²) in [4.78, 5) is 0. The van der Waals surface area contributed by atoms with Gasteiger partial charge in [0, 0.05) is 13.2 Å². The molecule has 0 unspecified atom stereocenters. The van der Waals surface area contributed by atoms with E-state index in [0.717, 1.165) is 17.2 Å². The third kappa shape index (κ3) is 4.35. The first-order valence-electron chi connectivity index (χ1n) is 4.93. The van der Waals surface area contributed by atoms with Crippen LogP contribution in [0.5, 0.6) is 0 Å². The quantitative estimate of drug-likeness (QED) is 0.568. The molecule has 3 heteroatoms. The predicted octanol–water partition coefficient (Wildman–Crippen LogP) is -0.115. The molecule has 0 atom stereocenters. The standard InChI is InChI=1S/C14H13O.BrH.Mg/c1-15-14(12-8-4-2-5-9-12)13-10-6-3-7-11-13;;/h2-11H,1H3;1H;/q-1;;+2/p-1. The van der Waals surface area contributed by atoms with E-state index in [4.69, 9.17) is 4.74 Å². The number of hydrogen-bond acceptors (Lipinski definition) is 1. The van der Waals surface area contributed by atoms with Gasteiger partial charge < -0.3 is 21.7 Å². The van der Waals surface area contributed by atoms with E-state index in [9.17, 15) is 0 Å². The van der Waals surface area contributed by atoms with Crippen LogP contribution in [0, 0.1) is 6.10 Å². The summed E-state index contributed by atoms with van der Waals surface area (Å²) >= 11 is 0. The van der Waals surface area contributed by atoms with Gasteiger partial charge >= 0.3 is 23.1 Å². The Morgan fingerprint density at radius 3 is 1.41 bits per heavy atom. The van der Waals surface area contributed by atoms with Gasteiger partial charge in [0.05, 0.1) is 0 Å². The average Bonchev–Trinajstić information content (AvgIpc) is 2.33. The molecule has 0 fully saturated rings. The molecule has 0 aliphatic rings. The molecule has 0 aromatic heterocycles. The Hall–Kier alpha value is -0.484. The van der Waals surface area contributed by atoms with Crippen molar-refractivity contribution in [1.82, 2.24) is 0 Å². The van der Waals surface area contributed by atoms with Gasteiger partial charge in [-0.25, -0.2) is 0 Å². The van der Waals surface area contributed by atoms with Crippen molar-refractivity contribution in [2.24, 2.45) is 0 Å². The number of methoxy groups -OCH3 is 1. The molecule has 0 aliphatic heterocycles. The van der Waals surface area contributed by atoms with Crippen LogP contribution >= 0.6 is 0 Å². The summed E-state index contributed by atoms with van der Waals surface area (Å²) in [5.74, 6) is 0. The molecule has 0 saturated heterocycles. The predicted molar refractivity (Wildman–Crippen MR) is 67.1 cm³/mol. The van der Waals surface area contributed by atoms with Crippen LogP contribution < -0.4 is 17.0 Å². The minimum atomic E-state index is 0. The van der Waals surface area contributed by atoms with Crippen molar-refractivity contribution in [2.75, 3.05) is 7.11 Å². The summed E-state index contributed by atoms with van der Waals surface area (Å²) in [5.41, 5.74) is 2.21. The summed E-state index contributed by atoms with van der Waals surface area (Å²) in [6.45, 7) is 0. The van der Waals surface area contributed by atoms with Gasteiger partial charge in [0.15, 0.2) is 0 Å². The van der Waals surface area contributed by atoms with E-state index in [2.05, 4.69) is 0 Å². The van der Waals surface area contributed by atoms with Crippen molar-refractivity contribution < 1.29 is 21.7 Å². The minimum Gasteiger partial charge on any atom is -1.00 e. The molecule has 0 spiro atoms. The molecule has 1 nitrogen and oxygen atoms in total. The van der Waals surface area contributed by atoms with Crippen LogP contribution in [0.1, 0.15) is 11.1 Å². The van der Waals surface area contributed by atoms with E-state index in [1.54, 1.807) is 7.11 Å². The largest absolute Gasteiger partial charge is 2.00 e. The second-order valence-corrected chi connectivity index (χ2v) is 3.27. The normalized spacial score (nSPS) is 8.76. The summed E-state index contributed by atoms with van der Waals surface area (Å²) in [7, 11) is 1.70. The zero-order valence-corrected chi connectivity index (χ0v) is 12.8. The molecule has 0 amide bonds. The van der Waals surface area contributed by atoms with Crippen LogP contribution in [0.25, 0.3) is 0 Å². The molecule has 0 aliphatic carbocycles. The fourth-order valence-electron chi connectivity index (χ4n) is 1.58. The van der Waals surface area contributed by atoms with E-state index < -0.39 is 0 Å². The van der Waals surface area contributed by atoms with Gasteiger partial charge in [-0.2, -0.15) is 0 Å². The number of ether oxygens (including phenoxy) is 1. The first-order chi connectivity index (χ1) is 7.42. The van der Waals surface area contributed by atoms with E-state index in [1.165, 1.54) is 0 Å². The Labute approximate surface area is 129 Å². The Morgan fingerprint density at radius 2 is 1.12 bits per heavy atom. The Kier molecular flexibility index (Phi) is 8.34. The number of rotatable bonds is 3. The zero-order chi connectivity index (χ0) is 10.5. The SMILES string of the molecule is CO[C-](c1ccccc1)c1ccccc1.[Br-].[Mg+2]. The maximum absolute atomic E-state index is 5.44. The molecular formula is C14H13BrMgO. The van der Waals surface area contributed by atoms with Gasteiger partial charge in [0.2, 0.25) is 0 Å². The average molecular weight is 301 g/mol. The molecule has 84 valence electrons. The van der Waals surface area contributed by atoms with E-state index in [1.807, 2.05) is 60.7 Å². The van der Waals surface area contributed by atoms with E-state index in [-0.39, 0.29) is 40.0 Å². The first-order valence-corrected chi connectivity index (χ1v) is 4.93. The molecule has 2 aromatic carbocycles. The van der Waals surface area contributed by atoms with Crippen LogP contribution in [-0.4, -0.2) is 30.2 Å². The summed E-state index contributed by atoms with van der Waals surface area (Å²) in [5, 5.41) is 0. The topological polar surface area (TPSA) is 9.23 Å². The van der Waals surface area contributed by atoms with Crippen molar-refractivity contribution in [3.8, 4) is 0 Å². The van der Waals surface area contributed by atoms with Gasteiger partial charge in [-0.1, -0.05) is 47.5 Å². The van der Waals surface area contributed by atoms with Gasteiger partial charge in [-0.3, -0.25) is 0 Å². The Morgan fingerprint density at radius 1 is 0.765 bits per heavy atom. The van der Waals surface area contributed by atoms with Crippen LogP contribution in [0.15, 0.2) is 60.7 Å². The van der Waals surface area contributed by atoms with Gasteiger partial charge in [-0.15, -0.1) is 24.3 Å². The van der Waals surface area contributed by atoms with Gasteiger partial charge in [0.25, 0.3) is 0 Å². The molecule has 2 aromatic rings. The molecule has 0 N–H and O–H groups in total. The zero-order valence-electron chi connectivity index (χ0n) is 9.77. The summed E-state index contributed by atoms with van der Waals surface area (Å²) in [6.07, 6.45) is 0.913. The van der Waals surface area contributed by atoms with Crippen LogP contribution in [0.3, 0.4) is 0 Å². The second kappa shape index (κ2) is 8.58. The monoisotopic (exact) mass is 300 g/mol. The van der Waals surface area contributed by atoms with E-state index in [0.29, 0.717) is 0 Å². The third-order valence-electron chi connectivity index (χ3n) is 2.28. The summed E-state index contributed by atoms with van der Waals surface area (Å²) < 4.78 is 5.44. The molecule has 0 heterocycles. The van der Waals surface area contributed by atoms with Crippen molar-refractivity contribution >= 4 is 23.1 Å². The summed E-state index contributed by atoms with van der Waals surface area (Å²) in [6, 6.07) is 20.2. The molecular weight excluding hydrogens is 288 g/mol. The Bertz CT molecular complexity index is 366. The van der Waals surface area contributed by atoms with Crippen molar-refractivity contribution in [1.29, 1.82) is 0 Å². The van der Waals surface area contributed by atoms with Crippen molar-refractivity contribution in [3.05, 3.63) is 77.9 Å². The van der Waals surface area contributed by atoms with Crippen molar-refractivity contribution in [3.63, 3.8) is 0 Å². The first kappa shape index (κ1) is 16.5. The third-order valence-corrected chi connectivity index (χ3v) is 2.28. The van der Waals surface area contributed by atoms with Crippen molar-refractivity contribution in [2.45, 2.75) is 0 Å². The molecule has 0 radical (unpaired) electrons. The molecule has 17 heavy (non-hydrogen) atoms. The number of hydrogen-bond donors (Lipinski definition) is 0. The minimum absolute atomic E-state index is 0. The van der Waals surface area contributed by atoms with Gasteiger partial charge in [-0.05, 0) is 0 Å². The Balaban J connectivity index is 0.00000128. The fourth-order valence-corrected chi connectivity index (χ4v) is 1.58.